The molecule has 0 N–H and O–H groups in total. The fourth-order valence-electron chi connectivity index (χ4n) is 4.07. The van der Waals surface area contributed by atoms with E-state index in [2.05, 4.69) is 51.8 Å². The smallest absolute Gasteiger partial charge is 0.439 e. The van der Waals surface area contributed by atoms with E-state index in [0.717, 1.165) is 36.3 Å². The molecule has 0 aliphatic heterocycles. The third-order valence-electron chi connectivity index (χ3n) is 5.09. The van der Waals surface area contributed by atoms with E-state index in [1.165, 1.54) is 0 Å². The summed E-state index contributed by atoms with van der Waals surface area (Å²) in [4.78, 5) is 24.5. The molecule has 6 nitrogen and oxygen atoms in total. The van der Waals surface area contributed by atoms with Gasteiger partial charge in [-0.05, 0) is 54.0 Å². The summed E-state index contributed by atoms with van der Waals surface area (Å²) >= 11 is 0. The molecule has 0 aliphatic rings. The van der Waals surface area contributed by atoms with E-state index in [1.54, 1.807) is 0 Å². The number of nitrogens with zero attached hydrogens (tertiary/aromatic N) is 2. The molecule has 0 radical (unpaired) electrons. The van der Waals surface area contributed by atoms with Gasteiger partial charge in [0.2, 0.25) is 0 Å². The molecule has 0 fully saturated rings. The lowest BCUT2D eigenvalue weighted by Gasteiger charge is -2.34. The van der Waals surface area contributed by atoms with Crippen LogP contribution in [0.2, 0.25) is 36.3 Å². The van der Waals surface area contributed by atoms with Gasteiger partial charge < -0.3 is 8.85 Å². The lowest BCUT2D eigenvalue weighted by molar-refractivity contribution is 0.196. The minimum atomic E-state index is -2.33. The highest BCUT2D eigenvalue weighted by molar-refractivity contribution is 6.75. The minimum Gasteiger partial charge on any atom is -0.501 e. The van der Waals surface area contributed by atoms with Crippen molar-refractivity contribution in [3.05, 3.63) is 0 Å². The Balaban J connectivity index is 5.29. The van der Waals surface area contributed by atoms with Crippen LogP contribution in [-0.2, 0) is 8.85 Å². The Kier molecular flexibility index (Phi) is 12.1. The Morgan fingerprint density at radius 3 is 1.18 bits per heavy atom. The maximum atomic E-state index is 12.4. The van der Waals surface area contributed by atoms with Crippen molar-refractivity contribution in [1.82, 2.24) is 0 Å². The quantitative estimate of drug-likeness (QED) is 0.249. The number of rotatable bonds is 11. The van der Waals surface area contributed by atoms with E-state index in [4.69, 9.17) is 8.85 Å². The fourth-order valence-corrected chi connectivity index (χ4v) is 12.0. The van der Waals surface area contributed by atoms with Gasteiger partial charge in [-0.2, -0.15) is 0 Å². The van der Waals surface area contributed by atoms with Crippen molar-refractivity contribution in [3.8, 4) is 0 Å². The standard InChI is InChI=1S/C20H42N2O4Si2/c1-10-27(11-2,12-3)25-19(23)21-22-20(24)26-28(13-16(4)5,14-17(6)7)15-18(8)9/h16-18H,10-15H2,1-9H3. The van der Waals surface area contributed by atoms with Gasteiger partial charge in [0.1, 0.15) is 0 Å². The molecule has 0 unspecified atom stereocenters. The number of carbonyl (C=O) groups excluding carboxylic acids is 2. The van der Waals surface area contributed by atoms with Crippen molar-refractivity contribution in [2.24, 2.45) is 28.0 Å². The molecule has 0 saturated heterocycles. The van der Waals surface area contributed by atoms with Crippen LogP contribution in [0.5, 0.6) is 0 Å². The van der Waals surface area contributed by atoms with E-state index in [0.29, 0.717) is 17.8 Å². The van der Waals surface area contributed by atoms with Crippen LogP contribution in [0.1, 0.15) is 62.3 Å². The van der Waals surface area contributed by atoms with Crippen LogP contribution in [0.3, 0.4) is 0 Å². The SMILES string of the molecule is CC[Si](CC)(CC)OC(=O)N=NC(=O)O[Si](CC(C)C)(CC(C)C)CC(C)C. The van der Waals surface area contributed by atoms with Gasteiger partial charge in [-0.3, -0.25) is 0 Å². The minimum absolute atomic E-state index is 0.434. The van der Waals surface area contributed by atoms with Crippen LogP contribution in [0.15, 0.2) is 10.2 Å². The summed E-state index contributed by atoms with van der Waals surface area (Å²) in [5.41, 5.74) is 0. The highest BCUT2D eigenvalue weighted by atomic mass is 28.4. The molecule has 8 heteroatoms. The van der Waals surface area contributed by atoms with Crippen LogP contribution >= 0.6 is 0 Å². The number of carbonyl (C=O) groups is 2. The summed E-state index contributed by atoms with van der Waals surface area (Å²) < 4.78 is 11.6. The summed E-state index contributed by atoms with van der Waals surface area (Å²) in [7, 11) is -4.45. The molecule has 0 heterocycles. The van der Waals surface area contributed by atoms with E-state index >= 15 is 0 Å². The predicted octanol–water partition coefficient (Wildman–Crippen LogP) is 7.63. The first kappa shape index (κ1) is 27.0. The van der Waals surface area contributed by atoms with E-state index in [9.17, 15) is 9.59 Å². The summed E-state index contributed by atoms with van der Waals surface area (Å²) in [6.07, 6.45) is -1.51. The monoisotopic (exact) mass is 430 g/mol. The third kappa shape index (κ3) is 9.95. The van der Waals surface area contributed by atoms with Gasteiger partial charge >= 0.3 is 12.2 Å². The summed E-state index contributed by atoms with van der Waals surface area (Å²) in [6.45, 7) is 19.0. The molecule has 0 aromatic carbocycles. The number of azo groups is 1. The molecule has 0 spiro atoms. The first-order chi connectivity index (χ1) is 12.9. The average Bonchev–Trinajstić information content (AvgIpc) is 2.55. The normalized spacial score (nSPS) is 13.0. The lowest BCUT2D eigenvalue weighted by atomic mass is 10.2. The van der Waals surface area contributed by atoms with Gasteiger partial charge in [-0.15, -0.1) is 0 Å². The highest BCUT2D eigenvalue weighted by Gasteiger charge is 2.41. The lowest BCUT2D eigenvalue weighted by Crippen LogP contribution is -2.43. The van der Waals surface area contributed by atoms with Gasteiger partial charge in [0.05, 0.1) is 0 Å². The van der Waals surface area contributed by atoms with Gasteiger partial charge in [-0.1, -0.05) is 72.5 Å². The molecule has 0 rings (SSSR count). The Morgan fingerprint density at radius 1 is 0.643 bits per heavy atom. The Morgan fingerprint density at radius 2 is 0.929 bits per heavy atom. The van der Waals surface area contributed by atoms with Gasteiger partial charge in [0.15, 0.2) is 0 Å². The van der Waals surface area contributed by atoms with Crippen LogP contribution < -0.4 is 0 Å². The van der Waals surface area contributed by atoms with Crippen LogP contribution in [0, 0.1) is 17.8 Å². The molecule has 0 aliphatic carbocycles. The number of hydrogen-bond acceptors (Lipinski definition) is 4. The predicted molar refractivity (Wildman–Crippen MR) is 120 cm³/mol. The maximum absolute atomic E-state index is 12.4. The maximum Gasteiger partial charge on any atom is 0.439 e. The van der Waals surface area contributed by atoms with Crippen molar-refractivity contribution in [1.29, 1.82) is 0 Å². The third-order valence-corrected chi connectivity index (χ3v) is 14.9. The van der Waals surface area contributed by atoms with Crippen molar-refractivity contribution in [3.63, 3.8) is 0 Å². The zero-order valence-electron chi connectivity index (χ0n) is 19.5. The molecular weight excluding hydrogens is 388 g/mol. The van der Waals surface area contributed by atoms with Gasteiger partial charge in [-0.25, -0.2) is 9.59 Å². The van der Waals surface area contributed by atoms with Crippen molar-refractivity contribution < 1.29 is 18.4 Å². The van der Waals surface area contributed by atoms with Gasteiger partial charge in [0, 0.05) is 0 Å². The van der Waals surface area contributed by atoms with Crippen molar-refractivity contribution >= 4 is 28.8 Å². The zero-order valence-corrected chi connectivity index (χ0v) is 21.5. The van der Waals surface area contributed by atoms with Crippen molar-refractivity contribution in [2.45, 2.75) is 98.6 Å². The Labute approximate surface area is 174 Å². The van der Waals surface area contributed by atoms with E-state index in [-0.39, 0.29) is 0 Å². The van der Waals surface area contributed by atoms with Gasteiger partial charge in [0.25, 0.3) is 16.6 Å². The first-order valence-corrected chi connectivity index (χ1v) is 15.9. The van der Waals surface area contributed by atoms with Crippen LogP contribution in [0.25, 0.3) is 0 Å². The van der Waals surface area contributed by atoms with Crippen LogP contribution in [0.4, 0.5) is 9.59 Å². The fraction of sp³-hybridized carbons (Fsp3) is 0.900. The summed E-state index contributed by atoms with van der Waals surface area (Å²) in [5.74, 6) is 1.30. The Hall–Kier alpha value is -1.03. The first-order valence-electron chi connectivity index (χ1n) is 10.8. The second-order valence-corrected chi connectivity index (χ2v) is 17.6. The van der Waals surface area contributed by atoms with Crippen LogP contribution in [-0.4, -0.2) is 28.8 Å². The molecular formula is C20H42N2O4Si2. The van der Waals surface area contributed by atoms with Crippen molar-refractivity contribution in [2.75, 3.05) is 0 Å². The largest absolute Gasteiger partial charge is 0.501 e. The summed E-state index contributed by atoms with van der Waals surface area (Å²) in [6, 6.07) is 5.18. The molecule has 0 aromatic heterocycles. The highest BCUT2D eigenvalue weighted by Crippen LogP contribution is 2.33. The zero-order chi connectivity index (χ0) is 22.0. The molecule has 28 heavy (non-hydrogen) atoms. The second-order valence-electron chi connectivity index (χ2n) is 9.16. The molecule has 0 bridgehead atoms. The molecule has 2 amide bonds. The number of hydrogen-bond donors (Lipinski definition) is 0. The van der Waals surface area contributed by atoms with E-state index in [1.807, 2.05) is 20.8 Å². The molecule has 0 atom stereocenters. The van der Waals surface area contributed by atoms with E-state index < -0.39 is 28.8 Å². The number of amides is 2. The Bertz CT molecular complexity index is 484. The molecule has 0 saturated carbocycles. The summed E-state index contributed by atoms with van der Waals surface area (Å²) in [5, 5.41) is 7.08. The molecule has 164 valence electrons. The average molecular weight is 431 g/mol. The second kappa shape index (κ2) is 12.5. The topological polar surface area (TPSA) is 77.3 Å². The molecule has 0 aromatic rings.